The van der Waals surface area contributed by atoms with Gasteiger partial charge in [0.1, 0.15) is 5.75 Å². The second-order valence-corrected chi connectivity index (χ2v) is 7.37. The lowest BCUT2D eigenvalue weighted by Crippen LogP contribution is -2.35. The van der Waals surface area contributed by atoms with E-state index < -0.39 is 0 Å². The molecule has 0 fully saturated rings. The van der Waals surface area contributed by atoms with E-state index in [1.807, 2.05) is 16.8 Å². The third kappa shape index (κ3) is 4.33. The first-order chi connectivity index (χ1) is 13.0. The Morgan fingerprint density at radius 2 is 2.22 bits per heavy atom. The summed E-state index contributed by atoms with van der Waals surface area (Å²) in [6.45, 7) is 3.80. The van der Waals surface area contributed by atoms with Gasteiger partial charge in [0.2, 0.25) is 0 Å². The largest absolute Gasteiger partial charge is 0.497 e. The molecule has 3 rings (SSSR count). The minimum absolute atomic E-state index is 0.00505. The number of hydrogen-bond acceptors (Lipinski definition) is 4. The van der Waals surface area contributed by atoms with Crippen molar-refractivity contribution in [3.05, 3.63) is 46.8 Å². The van der Waals surface area contributed by atoms with Crippen molar-refractivity contribution in [3.8, 4) is 5.75 Å². The quantitative estimate of drug-likeness (QED) is 0.814. The summed E-state index contributed by atoms with van der Waals surface area (Å²) in [5, 5.41) is 8.31. The molecule has 146 valence electrons. The molecule has 2 aromatic rings. The van der Waals surface area contributed by atoms with E-state index in [2.05, 4.69) is 29.5 Å². The lowest BCUT2D eigenvalue weighted by atomic mass is 9.91. The Kier molecular flexibility index (Phi) is 6.16. The first-order valence-electron chi connectivity index (χ1n) is 9.70. The number of benzene rings is 1. The molecule has 1 aliphatic rings. The van der Waals surface area contributed by atoms with Gasteiger partial charge in [0, 0.05) is 44.5 Å². The molecule has 1 heterocycles. The lowest BCUT2D eigenvalue weighted by Gasteiger charge is -2.25. The van der Waals surface area contributed by atoms with Gasteiger partial charge in [-0.15, -0.1) is 0 Å². The van der Waals surface area contributed by atoms with E-state index in [1.54, 1.807) is 26.1 Å². The standard InChI is InChI=1S/C21H30N4O2/c1-5-11-25-19-10-9-16(13-18(19)20(23-25)21(26)24(2)3)22-14-15-7-6-8-17(12-15)27-4/h6-8,12,16,22H,5,9-11,13-14H2,1-4H3/t16-/m1/s1. The smallest absolute Gasteiger partial charge is 0.274 e. The van der Waals surface area contributed by atoms with E-state index in [9.17, 15) is 4.79 Å². The summed E-state index contributed by atoms with van der Waals surface area (Å²) in [4.78, 5) is 14.2. The van der Waals surface area contributed by atoms with Gasteiger partial charge in [0.05, 0.1) is 7.11 Å². The molecule has 6 heteroatoms. The second-order valence-electron chi connectivity index (χ2n) is 7.37. The molecule has 27 heavy (non-hydrogen) atoms. The van der Waals surface area contributed by atoms with E-state index in [1.165, 1.54) is 11.3 Å². The number of fused-ring (bicyclic) bond motifs is 1. The average molecular weight is 370 g/mol. The number of hydrogen-bond donors (Lipinski definition) is 1. The Balaban J connectivity index is 1.75. The number of nitrogens with zero attached hydrogens (tertiary/aromatic N) is 3. The first kappa shape index (κ1) is 19.4. The van der Waals surface area contributed by atoms with Crippen LogP contribution in [0.3, 0.4) is 0 Å². The molecule has 1 N–H and O–H groups in total. The Morgan fingerprint density at radius 3 is 2.93 bits per heavy atom. The molecule has 1 aromatic heterocycles. The SMILES string of the molecule is CCCn1nc(C(=O)N(C)C)c2c1CC[C@@H](NCc1cccc(OC)c1)C2. The third-order valence-electron chi connectivity index (χ3n) is 5.12. The van der Waals surface area contributed by atoms with E-state index >= 15 is 0 Å². The molecule has 0 unspecified atom stereocenters. The monoisotopic (exact) mass is 370 g/mol. The molecule has 0 saturated carbocycles. The molecule has 0 bridgehead atoms. The summed E-state index contributed by atoms with van der Waals surface area (Å²) >= 11 is 0. The van der Waals surface area contributed by atoms with Gasteiger partial charge in [-0.1, -0.05) is 19.1 Å². The van der Waals surface area contributed by atoms with Gasteiger partial charge >= 0.3 is 0 Å². The predicted molar refractivity (Wildman–Crippen MR) is 106 cm³/mol. The number of methoxy groups -OCH3 is 1. The van der Waals surface area contributed by atoms with Crippen molar-refractivity contribution in [1.29, 1.82) is 0 Å². The zero-order valence-corrected chi connectivity index (χ0v) is 16.8. The molecule has 1 aromatic carbocycles. The second kappa shape index (κ2) is 8.57. The number of rotatable bonds is 7. The Bertz CT molecular complexity index is 797. The highest BCUT2D eigenvalue weighted by Crippen LogP contribution is 2.26. The molecule has 0 saturated heterocycles. The van der Waals surface area contributed by atoms with Crippen LogP contribution in [-0.2, 0) is 25.9 Å². The van der Waals surface area contributed by atoms with Crippen LogP contribution < -0.4 is 10.1 Å². The van der Waals surface area contributed by atoms with Crippen molar-refractivity contribution in [3.63, 3.8) is 0 Å². The number of amides is 1. The fourth-order valence-corrected chi connectivity index (χ4v) is 3.69. The van der Waals surface area contributed by atoms with Crippen LogP contribution in [-0.4, -0.2) is 47.8 Å². The maximum Gasteiger partial charge on any atom is 0.274 e. The van der Waals surface area contributed by atoms with Crippen molar-refractivity contribution >= 4 is 5.91 Å². The summed E-state index contributed by atoms with van der Waals surface area (Å²) < 4.78 is 7.35. The summed E-state index contributed by atoms with van der Waals surface area (Å²) in [5.41, 5.74) is 4.18. The Morgan fingerprint density at radius 1 is 1.41 bits per heavy atom. The maximum atomic E-state index is 12.6. The summed E-state index contributed by atoms with van der Waals surface area (Å²) in [6, 6.07) is 8.47. The van der Waals surface area contributed by atoms with Gasteiger partial charge in [-0.25, -0.2) is 0 Å². The van der Waals surface area contributed by atoms with Crippen molar-refractivity contribution in [2.45, 2.75) is 51.7 Å². The molecular formula is C21H30N4O2. The topological polar surface area (TPSA) is 59.4 Å². The van der Waals surface area contributed by atoms with E-state index in [-0.39, 0.29) is 5.91 Å². The highest BCUT2D eigenvalue weighted by molar-refractivity contribution is 5.93. The summed E-state index contributed by atoms with van der Waals surface area (Å²) in [5.74, 6) is 0.870. The molecular weight excluding hydrogens is 340 g/mol. The van der Waals surface area contributed by atoms with Gasteiger partial charge in [0.15, 0.2) is 5.69 Å². The number of ether oxygens (including phenoxy) is 1. The van der Waals surface area contributed by atoms with Crippen molar-refractivity contribution in [2.75, 3.05) is 21.2 Å². The van der Waals surface area contributed by atoms with Crippen molar-refractivity contribution in [1.82, 2.24) is 20.0 Å². The number of carbonyl (C=O) groups is 1. The van der Waals surface area contributed by atoms with Crippen LogP contribution in [0.5, 0.6) is 5.75 Å². The minimum atomic E-state index is -0.00505. The number of aromatic nitrogens is 2. The zero-order chi connectivity index (χ0) is 19.4. The highest BCUT2D eigenvalue weighted by Gasteiger charge is 2.29. The molecule has 0 radical (unpaired) electrons. The summed E-state index contributed by atoms with van der Waals surface area (Å²) in [6.07, 6.45) is 3.87. The predicted octanol–water partition coefficient (Wildman–Crippen LogP) is 2.65. The van der Waals surface area contributed by atoms with Crippen LogP contribution in [0.15, 0.2) is 24.3 Å². The van der Waals surface area contributed by atoms with Crippen LogP contribution in [0.25, 0.3) is 0 Å². The summed E-state index contributed by atoms with van der Waals surface area (Å²) in [7, 11) is 5.26. The molecule has 6 nitrogen and oxygen atoms in total. The number of nitrogens with one attached hydrogen (secondary N) is 1. The lowest BCUT2D eigenvalue weighted by molar-refractivity contribution is 0.0819. The Labute approximate surface area is 161 Å². The van der Waals surface area contributed by atoms with E-state index in [4.69, 9.17) is 4.74 Å². The normalized spacial score (nSPS) is 16.1. The van der Waals surface area contributed by atoms with E-state index in [0.717, 1.165) is 50.1 Å². The van der Waals surface area contributed by atoms with Gasteiger partial charge in [-0.05, 0) is 43.4 Å². The van der Waals surface area contributed by atoms with Gasteiger partial charge in [-0.3, -0.25) is 9.48 Å². The van der Waals surface area contributed by atoms with Crippen LogP contribution in [0, 0.1) is 0 Å². The molecule has 1 amide bonds. The molecule has 1 atom stereocenters. The number of carbonyl (C=O) groups excluding carboxylic acids is 1. The van der Waals surface area contributed by atoms with Crippen molar-refractivity contribution in [2.24, 2.45) is 0 Å². The fourth-order valence-electron chi connectivity index (χ4n) is 3.69. The van der Waals surface area contributed by atoms with Crippen LogP contribution in [0.1, 0.15) is 47.1 Å². The van der Waals surface area contributed by atoms with Gasteiger partial charge < -0.3 is 15.0 Å². The highest BCUT2D eigenvalue weighted by atomic mass is 16.5. The fraction of sp³-hybridized carbons (Fsp3) is 0.524. The van der Waals surface area contributed by atoms with E-state index in [0.29, 0.717) is 11.7 Å². The van der Waals surface area contributed by atoms with Crippen LogP contribution in [0.4, 0.5) is 0 Å². The maximum absolute atomic E-state index is 12.6. The third-order valence-corrected chi connectivity index (χ3v) is 5.12. The molecule has 1 aliphatic carbocycles. The van der Waals surface area contributed by atoms with Crippen LogP contribution in [0.2, 0.25) is 0 Å². The average Bonchev–Trinajstić information content (AvgIpc) is 3.04. The number of aryl methyl sites for hydroxylation is 1. The van der Waals surface area contributed by atoms with Crippen LogP contribution >= 0.6 is 0 Å². The first-order valence-corrected chi connectivity index (χ1v) is 9.70. The Hall–Kier alpha value is -2.34. The van der Waals surface area contributed by atoms with Gasteiger partial charge in [-0.2, -0.15) is 5.10 Å². The minimum Gasteiger partial charge on any atom is -0.497 e. The van der Waals surface area contributed by atoms with Crippen molar-refractivity contribution < 1.29 is 9.53 Å². The molecule has 0 spiro atoms. The zero-order valence-electron chi connectivity index (χ0n) is 16.8. The van der Waals surface area contributed by atoms with Gasteiger partial charge in [0.25, 0.3) is 5.91 Å². The molecule has 0 aliphatic heterocycles.